The summed E-state index contributed by atoms with van der Waals surface area (Å²) in [6.07, 6.45) is 5.32. The zero-order chi connectivity index (χ0) is 21.2. The topological polar surface area (TPSA) is 82.8 Å². The van der Waals surface area contributed by atoms with Gasteiger partial charge in [0.05, 0.1) is 10.9 Å². The first-order valence-electron chi connectivity index (χ1n) is 10.5. The monoisotopic (exact) mass is 413 g/mol. The Balaban J connectivity index is 1.72. The number of carbonyl (C=O) groups excluding carboxylic acids is 1. The van der Waals surface area contributed by atoms with E-state index in [1.54, 1.807) is 11.8 Å². The standard InChI is InChI=1S/C22H24FN3O4/c1-12(27)24-6-8-25(9-7-24)17-10-15(23)19-20-18(17)13-4-2-3-5-16(13)26(20)11-14(21(19)28)22(29)30/h10-11,13,16H,2-9H2,1H3,(H,29,30). The summed E-state index contributed by atoms with van der Waals surface area (Å²) in [5, 5.41) is 9.39. The molecule has 158 valence electrons. The average molecular weight is 413 g/mol. The van der Waals surface area contributed by atoms with E-state index in [0.29, 0.717) is 31.7 Å². The van der Waals surface area contributed by atoms with Crippen LogP contribution in [0, 0.1) is 5.82 Å². The van der Waals surface area contributed by atoms with Crippen molar-refractivity contribution in [2.45, 2.75) is 44.6 Å². The van der Waals surface area contributed by atoms with E-state index >= 15 is 4.39 Å². The summed E-state index contributed by atoms with van der Waals surface area (Å²) in [5.41, 5.74) is 1.20. The molecule has 2 aliphatic heterocycles. The molecule has 7 nitrogen and oxygen atoms in total. The smallest absolute Gasteiger partial charge is 0.341 e. The maximum absolute atomic E-state index is 15.3. The lowest BCUT2D eigenvalue weighted by Gasteiger charge is -2.37. The van der Waals surface area contributed by atoms with E-state index in [4.69, 9.17) is 0 Å². The minimum absolute atomic E-state index is 0.0336. The van der Waals surface area contributed by atoms with Crippen molar-refractivity contribution < 1.29 is 19.1 Å². The Hall–Kier alpha value is -2.90. The van der Waals surface area contributed by atoms with Crippen molar-refractivity contribution in [3.05, 3.63) is 39.4 Å². The second kappa shape index (κ2) is 6.82. The molecule has 1 amide bonds. The number of amides is 1. The number of carboxylic acid groups (broad SMARTS) is 1. The lowest BCUT2D eigenvalue weighted by atomic mass is 9.81. The van der Waals surface area contributed by atoms with Gasteiger partial charge in [-0.1, -0.05) is 12.8 Å². The highest BCUT2D eigenvalue weighted by Gasteiger charge is 2.40. The number of halogens is 1. The number of aromatic nitrogens is 1. The predicted molar refractivity (Wildman–Crippen MR) is 110 cm³/mol. The van der Waals surface area contributed by atoms with Crippen LogP contribution in [0.15, 0.2) is 17.1 Å². The van der Waals surface area contributed by atoms with Crippen LogP contribution in [0.3, 0.4) is 0 Å². The molecule has 2 unspecified atom stereocenters. The number of hydrogen-bond acceptors (Lipinski definition) is 4. The van der Waals surface area contributed by atoms with E-state index in [0.717, 1.165) is 36.9 Å². The van der Waals surface area contributed by atoms with E-state index in [-0.39, 0.29) is 28.8 Å². The van der Waals surface area contributed by atoms with Crippen LogP contribution >= 0.6 is 0 Å². The van der Waals surface area contributed by atoms with Gasteiger partial charge in [0, 0.05) is 62.5 Å². The van der Waals surface area contributed by atoms with Crippen LogP contribution in [0.25, 0.3) is 10.9 Å². The van der Waals surface area contributed by atoms with Crippen molar-refractivity contribution in [3.8, 4) is 0 Å². The van der Waals surface area contributed by atoms with Crippen LogP contribution in [0.1, 0.15) is 60.5 Å². The van der Waals surface area contributed by atoms with Crippen LogP contribution in [0.5, 0.6) is 0 Å². The first kappa shape index (κ1) is 19.1. The van der Waals surface area contributed by atoms with Gasteiger partial charge in [0.1, 0.15) is 11.4 Å². The fraction of sp³-hybridized carbons (Fsp3) is 0.500. The predicted octanol–water partition coefficient (Wildman–Crippen LogP) is 2.72. The number of aromatic carboxylic acids is 1. The van der Waals surface area contributed by atoms with Crippen molar-refractivity contribution in [1.82, 2.24) is 9.47 Å². The Morgan fingerprint density at radius 3 is 2.50 bits per heavy atom. The van der Waals surface area contributed by atoms with E-state index < -0.39 is 17.2 Å². The Morgan fingerprint density at radius 1 is 1.13 bits per heavy atom. The number of pyridine rings is 1. The van der Waals surface area contributed by atoms with Gasteiger partial charge in [-0.3, -0.25) is 9.59 Å². The van der Waals surface area contributed by atoms with Crippen LogP contribution in [0.2, 0.25) is 0 Å². The molecule has 30 heavy (non-hydrogen) atoms. The molecule has 0 radical (unpaired) electrons. The molecule has 3 aliphatic rings. The third kappa shape index (κ3) is 2.66. The quantitative estimate of drug-likeness (QED) is 0.819. The Kier molecular flexibility index (Phi) is 4.34. The highest BCUT2D eigenvalue weighted by Crippen LogP contribution is 2.52. The van der Waals surface area contributed by atoms with E-state index in [1.165, 1.54) is 12.3 Å². The number of anilines is 1. The number of piperazine rings is 1. The lowest BCUT2D eigenvalue weighted by Crippen LogP contribution is -2.48. The van der Waals surface area contributed by atoms with Crippen molar-refractivity contribution in [2.24, 2.45) is 0 Å². The first-order valence-corrected chi connectivity index (χ1v) is 10.5. The Morgan fingerprint density at radius 2 is 1.83 bits per heavy atom. The highest BCUT2D eigenvalue weighted by molar-refractivity contribution is 5.96. The number of benzene rings is 1. The molecule has 1 aliphatic carbocycles. The van der Waals surface area contributed by atoms with Crippen molar-refractivity contribution in [2.75, 3.05) is 31.1 Å². The molecular formula is C22H24FN3O4. The van der Waals surface area contributed by atoms with Gasteiger partial charge in [0.2, 0.25) is 11.3 Å². The van der Waals surface area contributed by atoms with Crippen LogP contribution in [-0.2, 0) is 4.79 Å². The molecule has 1 N–H and O–H groups in total. The largest absolute Gasteiger partial charge is 0.477 e. The van der Waals surface area contributed by atoms with Gasteiger partial charge in [0.25, 0.3) is 0 Å². The lowest BCUT2D eigenvalue weighted by molar-refractivity contribution is -0.129. The zero-order valence-electron chi connectivity index (χ0n) is 16.9. The number of rotatable bonds is 2. The van der Waals surface area contributed by atoms with Crippen LogP contribution in [0.4, 0.5) is 10.1 Å². The number of hydrogen-bond donors (Lipinski definition) is 1. The molecule has 0 spiro atoms. The third-order valence-electron chi connectivity index (χ3n) is 7.02. The molecule has 1 saturated heterocycles. The fourth-order valence-corrected chi connectivity index (χ4v) is 5.60. The Labute approximate surface area is 172 Å². The minimum Gasteiger partial charge on any atom is -0.477 e. The van der Waals surface area contributed by atoms with E-state index in [1.807, 2.05) is 4.57 Å². The summed E-state index contributed by atoms with van der Waals surface area (Å²) in [4.78, 5) is 40.1. The van der Waals surface area contributed by atoms with Gasteiger partial charge in [0.15, 0.2) is 0 Å². The van der Waals surface area contributed by atoms with Crippen LogP contribution < -0.4 is 10.3 Å². The van der Waals surface area contributed by atoms with Gasteiger partial charge < -0.3 is 19.5 Å². The summed E-state index contributed by atoms with van der Waals surface area (Å²) in [7, 11) is 0. The van der Waals surface area contributed by atoms with E-state index in [2.05, 4.69) is 4.90 Å². The fourth-order valence-electron chi connectivity index (χ4n) is 5.60. The van der Waals surface area contributed by atoms with Gasteiger partial charge in [-0.25, -0.2) is 9.18 Å². The molecular weight excluding hydrogens is 389 g/mol. The second-order valence-electron chi connectivity index (χ2n) is 8.55. The van der Waals surface area contributed by atoms with Gasteiger partial charge in [-0.15, -0.1) is 0 Å². The molecule has 8 heteroatoms. The van der Waals surface area contributed by atoms with Crippen molar-refractivity contribution >= 4 is 28.5 Å². The SMILES string of the molecule is CC(=O)N1CCN(c2cc(F)c3c(=O)c(C(=O)O)cn4c3c2C2CCCCC24)CC1. The van der Waals surface area contributed by atoms with Gasteiger partial charge in [-0.2, -0.15) is 0 Å². The number of fused-ring (bicyclic) bond motifs is 3. The molecule has 1 aromatic heterocycles. The normalized spacial score (nSPS) is 23.0. The molecule has 3 heterocycles. The molecule has 2 fully saturated rings. The maximum atomic E-state index is 15.3. The number of nitrogens with zero attached hydrogens (tertiary/aromatic N) is 3. The van der Waals surface area contributed by atoms with Crippen LogP contribution in [-0.4, -0.2) is 52.6 Å². The zero-order valence-corrected chi connectivity index (χ0v) is 16.9. The molecule has 2 atom stereocenters. The highest BCUT2D eigenvalue weighted by atomic mass is 19.1. The molecule has 1 aromatic carbocycles. The first-order chi connectivity index (χ1) is 14.4. The molecule has 5 rings (SSSR count). The molecule has 0 bridgehead atoms. The third-order valence-corrected chi connectivity index (χ3v) is 7.02. The number of carbonyl (C=O) groups is 2. The molecule has 1 saturated carbocycles. The maximum Gasteiger partial charge on any atom is 0.341 e. The van der Waals surface area contributed by atoms with Gasteiger partial charge in [-0.05, 0) is 18.9 Å². The van der Waals surface area contributed by atoms with Crippen molar-refractivity contribution in [1.29, 1.82) is 0 Å². The van der Waals surface area contributed by atoms with E-state index in [9.17, 15) is 19.5 Å². The summed E-state index contributed by atoms with van der Waals surface area (Å²) in [5.74, 6) is -1.81. The molecule has 2 aromatic rings. The Bertz CT molecular complexity index is 1130. The number of carboxylic acids is 1. The summed E-state index contributed by atoms with van der Waals surface area (Å²) >= 11 is 0. The second-order valence-corrected chi connectivity index (χ2v) is 8.55. The van der Waals surface area contributed by atoms with Crippen molar-refractivity contribution in [3.63, 3.8) is 0 Å². The summed E-state index contributed by atoms with van der Waals surface area (Å²) < 4.78 is 17.1. The summed E-state index contributed by atoms with van der Waals surface area (Å²) in [6, 6.07) is 1.46. The average Bonchev–Trinajstić information content (AvgIpc) is 3.05. The van der Waals surface area contributed by atoms with Gasteiger partial charge >= 0.3 is 5.97 Å². The minimum atomic E-state index is -1.32. The summed E-state index contributed by atoms with van der Waals surface area (Å²) in [6.45, 7) is 3.91.